The van der Waals surface area contributed by atoms with Gasteiger partial charge in [-0.2, -0.15) is 5.26 Å². The van der Waals surface area contributed by atoms with Crippen LogP contribution in [0.1, 0.15) is 17.0 Å². The van der Waals surface area contributed by atoms with Crippen LogP contribution in [0.3, 0.4) is 0 Å². The fourth-order valence-electron chi connectivity index (χ4n) is 2.65. The van der Waals surface area contributed by atoms with Crippen LogP contribution < -0.4 is 4.90 Å². The second-order valence-corrected chi connectivity index (χ2v) is 5.29. The normalized spacial score (nSPS) is 13.4. The highest BCUT2D eigenvalue weighted by atomic mass is 16.4. The van der Waals surface area contributed by atoms with Crippen LogP contribution in [0.4, 0.5) is 5.82 Å². The standard InChI is InChI=1S/C17H13N5O/c18-10-12-4-7-20-16(9-12)22-8-5-13-15(11-22)23-17(21-13)14-3-1-2-6-19-14/h1-4,6-7,9H,5,8,11H2. The molecule has 0 saturated carbocycles. The Hall–Kier alpha value is -3.20. The molecule has 3 aromatic heterocycles. The molecular weight excluding hydrogens is 290 g/mol. The molecule has 1 aliphatic heterocycles. The average molecular weight is 303 g/mol. The van der Waals surface area contributed by atoms with Crippen LogP contribution >= 0.6 is 0 Å². The maximum atomic E-state index is 9.02. The molecule has 0 fully saturated rings. The van der Waals surface area contributed by atoms with Gasteiger partial charge in [0.25, 0.3) is 0 Å². The first-order chi connectivity index (χ1) is 11.3. The van der Waals surface area contributed by atoms with Crippen LogP contribution in [0.2, 0.25) is 0 Å². The second-order valence-electron chi connectivity index (χ2n) is 5.29. The van der Waals surface area contributed by atoms with E-state index in [1.165, 1.54) is 0 Å². The lowest BCUT2D eigenvalue weighted by molar-refractivity contribution is 0.493. The van der Waals surface area contributed by atoms with Gasteiger partial charge in [0.15, 0.2) is 0 Å². The van der Waals surface area contributed by atoms with Gasteiger partial charge in [0, 0.05) is 25.4 Å². The molecule has 112 valence electrons. The van der Waals surface area contributed by atoms with Crippen LogP contribution in [0, 0.1) is 11.3 Å². The lowest BCUT2D eigenvalue weighted by Crippen LogP contribution is -2.30. The Morgan fingerprint density at radius 3 is 2.96 bits per heavy atom. The summed E-state index contributed by atoms with van der Waals surface area (Å²) in [6.45, 7) is 1.39. The summed E-state index contributed by atoms with van der Waals surface area (Å²) in [7, 11) is 0. The number of hydrogen-bond acceptors (Lipinski definition) is 6. The van der Waals surface area contributed by atoms with Gasteiger partial charge in [-0.3, -0.25) is 4.98 Å². The van der Waals surface area contributed by atoms with E-state index in [4.69, 9.17) is 9.68 Å². The highest BCUT2D eigenvalue weighted by Crippen LogP contribution is 2.27. The highest BCUT2D eigenvalue weighted by molar-refractivity contribution is 5.50. The van der Waals surface area contributed by atoms with Crippen LogP contribution in [0.5, 0.6) is 0 Å². The molecule has 6 nitrogen and oxygen atoms in total. The summed E-state index contributed by atoms with van der Waals surface area (Å²) in [5.41, 5.74) is 2.31. The molecule has 0 spiro atoms. The van der Waals surface area contributed by atoms with Crippen molar-refractivity contribution in [2.75, 3.05) is 11.4 Å². The molecule has 0 N–H and O–H groups in total. The Morgan fingerprint density at radius 2 is 2.13 bits per heavy atom. The quantitative estimate of drug-likeness (QED) is 0.724. The Balaban J connectivity index is 1.62. The molecule has 0 radical (unpaired) electrons. The molecule has 0 saturated heterocycles. The van der Waals surface area contributed by atoms with E-state index in [0.29, 0.717) is 18.0 Å². The highest BCUT2D eigenvalue weighted by Gasteiger charge is 2.24. The predicted octanol–water partition coefficient (Wildman–Crippen LogP) is 2.57. The van der Waals surface area contributed by atoms with Crippen molar-refractivity contribution in [1.82, 2.24) is 15.0 Å². The van der Waals surface area contributed by atoms with Gasteiger partial charge in [-0.15, -0.1) is 0 Å². The predicted molar refractivity (Wildman–Crippen MR) is 83.4 cm³/mol. The molecule has 4 rings (SSSR count). The minimum Gasteiger partial charge on any atom is -0.438 e. The zero-order valence-corrected chi connectivity index (χ0v) is 12.3. The van der Waals surface area contributed by atoms with Gasteiger partial charge >= 0.3 is 0 Å². The molecule has 6 heteroatoms. The second kappa shape index (κ2) is 5.54. The van der Waals surface area contributed by atoms with Crippen molar-refractivity contribution < 1.29 is 4.42 Å². The van der Waals surface area contributed by atoms with E-state index in [0.717, 1.165) is 35.9 Å². The SMILES string of the molecule is N#Cc1ccnc(N2CCc3nc(-c4ccccn4)oc3C2)c1. The van der Waals surface area contributed by atoms with E-state index in [-0.39, 0.29) is 0 Å². The smallest absolute Gasteiger partial charge is 0.245 e. The third-order valence-electron chi connectivity index (χ3n) is 3.81. The van der Waals surface area contributed by atoms with Gasteiger partial charge in [0.1, 0.15) is 17.3 Å². The van der Waals surface area contributed by atoms with E-state index in [9.17, 15) is 0 Å². The minimum atomic E-state index is 0.552. The van der Waals surface area contributed by atoms with Crippen molar-refractivity contribution in [3.63, 3.8) is 0 Å². The van der Waals surface area contributed by atoms with Crippen molar-refractivity contribution in [2.24, 2.45) is 0 Å². The number of nitrogens with zero attached hydrogens (tertiary/aromatic N) is 5. The Labute approximate surface area is 133 Å². The number of hydrogen-bond donors (Lipinski definition) is 0. The fraction of sp³-hybridized carbons (Fsp3) is 0.176. The van der Waals surface area contributed by atoms with Crippen LogP contribution in [0.25, 0.3) is 11.6 Å². The van der Waals surface area contributed by atoms with Crippen molar-refractivity contribution in [3.8, 4) is 17.7 Å². The third kappa shape index (κ3) is 2.53. The zero-order valence-electron chi connectivity index (χ0n) is 12.3. The summed E-state index contributed by atoms with van der Waals surface area (Å²) in [4.78, 5) is 15.3. The molecule has 1 aliphatic rings. The Bertz CT molecular complexity index is 881. The van der Waals surface area contributed by atoms with E-state index in [2.05, 4.69) is 25.9 Å². The van der Waals surface area contributed by atoms with Gasteiger partial charge < -0.3 is 9.32 Å². The van der Waals surface area contributed by atoms with Gasteiger partial charge in [-0.25, -0.2) is 9.97 Å². The summed E-state index contributed by atoms with van der Waals surface area (Å²) in [6.07, 6.45) is 4.16. The van der Waals surface area contributed by atoms with Crippen molar-refractivity contribution >= 4 is 5.82 Å². The lowest BCUT2D eigenvalue weighted by atomic mass is 10.1. The van der Waals surface area contributed by atoms with Gasteiger partial charge in [0.2, 0.25) is 5.89 Å². The molecule has 0 atom stereocenters. The maximum Gasteiger partial charge on any atom is 0.245 e. The number of fused-ring (bicyclic) bond motifs is 1. The minimum absolute atomic E-state index is 0.552. The molecule has 0 aliphatic carbocycles. The van der Waals surface area contributed by atoms with Gasteiger partial charge in [-0.05, 0) is 24.3 Å². The summed E-state index contributed by atoms with van der Waals surface area (Å²) >= 11 is 0. The first kappa shape index (κ1) is 13.5. The number of pyridine rings is 2. The molecule has 0 aromatic carbocycles. The fourth-order valence-corrected chi connectivity index (χ4v) is 2.65. The number of oxazole rings is 1. The summed E-state index contributed by atoms with van der Waals surface area (Å²) < 4.78 is 5.89. The van der Waals surface area contributed by atoms with Crippen molar-refractivity contribution in [3.05, 3.63) is 59.7 Å². The molecule has 0 bridgehead atoms. The van der Waals surface area contributed by atoms with Crippen LogP contribution in [-0.4, -0.2) is 21.5 Å². The van der Waals surface area contributed by atoms with Crippen molar-refractivity contribution in [1.29, 1.82) is 5.26 Å². The van der Waals surface area contributed by atoms with E-state index in [1.807, 2.05) is 18.2 Å². The summed E-state index contributed by atoms with van der Waals surface area (Å²) in [5.74, 6) is 2.17. The maximum absolute atomic E-state index is 9.02. The zero-order chi connectivity index (χ0) is 15.6. The molecule has 4 heterocycles. The average Bonchev–Trinajstić information content (AvgIpc) is 3.06. The van der Waals surface area contributed by atoms with Gasteiger partial charge in [0.05, 0.1) is 23.9 Å². The molecular formula is C17H13N5O. The third-order valence-corrected chi connectivity index (χ3v) is 3.81. The van der Waals surface area contributed by atoms with Crippen LogP contribution in [0.15, 0.2) is 47.1 Å². The summed E-state index contributed by atoms with van der Waals surface area (Å²) in [5, 5.41) is 9.02. The van der Waals surface area contributed by atoms with E-state index in [1.54, 1.807) is 24.5 Å². The number of nitriles is 1. The summed E-state index contributed by atoms with van der Waals surface area (Å²) in [6, 6.07) is 11.3. The van der Waals surface area contributed by atoms with Gasteiger partial charge in [-0.1, -0.05) is 6.07 Å². The topological polar surface area (TPSA) is 78.8 Å². The monoisotopic (exact) mass is 303 g/mol. The Morgan fingerprint density at radius 1 is 1.17 bits per heavy atom. The first-order valence-electron chi connectivity index (χ1n) is 7.34. The number of rotatable bonds is 2. The molecule has 0 unspecified atom stereocenters. The Kier molecular flexibility index (Phi) is 3.24. The van der Waals surface area contributed by atoms with Crippen molar-refractivity contribution in [2.45, 2.75) is 13.0 Å². The number of aromatic nitrogens is 3. The molecule has 0 amide bonds. The van der Waals surface area contributed by atoms with Crippen LogP contribution in [-0.2, 0) is 13.0 Å². The van der Waals surface area contributed by atoms with E-state index < -0.39 is 0 Å². The number of anilines is 1. The molecule has 23 heavy (non-hydrogen) atoms. The first-order valence-corrected chi connectivity index (χ1v) is 7.34. The molecule has 3 aromatic rings. The van der Waals surface area contributed by atoms with E-state index >= 15 is 0 Å². The lowest BCUT2D eigenvalue weighted by Gasteiger charge is -2.26. The largest absolute Gasteiger partial charge is 0.438 e.